The fourth-order valence-corrected chi connectivity index (χ4v) is 5.17. The van der Waals surface area contributed by atoms with E-state index in [0.717, 1.165) is 35.1 Å². The molecule has 0 spiro atoms. The summed E-state index contributed by atoms with van der Waals surface area (Å²) < 4.78 is 5.48. The number of hydrogen-bond acceptors (Lipinski definition) is 5. The van der Waals surface area contributed by atoms with E-state index in [0.29, 0.717) is 19.1 Å². The average Bonchev–Trinajstić information content (AvgIpc) is 3.49. The molecular formula is C27H33N3O5. The number of carbonyl (C=O) groups excluding carboxylic acids is 2. The van der Waals surface area contributed by atoms with Gasteiger partial charge in [-0.05, 0) is 42.1 Å². The van der Waals surface area contributed by atoms with Crippen molar-refractivity contribution < 1.29 is 24.2 Å². The van der Waals surface area contributed by atoms with Crippen molar-refractivity contribution in [1.29, 1.82) is 0 Å². The highest BCUT2D eigenvalue weighted by Gasteiger charge is 2.30. The number of benzene rings is 2. The molecule has 0 aliphatic heterocycles. The second kappa shape index (κ2) is 11.4. The van der Waals surface area contributed by atoms with E-state index in [2.05, 4.69) is 15.5 Å². The average molecular weight is 480 g/mol. The summed E-state index contributed by atoms with van der Waals surface area (Å²) in [6.45, 7) is 1.14. The second-order valence-electron chi connectivity index (χ2n) is 9.33. The van der Waals surface area contributed by atoms with Crippen LogP contribution in [0.5, 0.6) is 0 Å². The topological polar surface area (TPSA) is 108 Å². The van der Waals surface area contributed by atoms with Crippen LogP contribution in [0.15, 0.2) is 48.5 Å². The zero-order valence-corrected chi connectivity index (χ0v) is 20.0. The van der Waals surface area contributed by atoms with Crippen LogP contribution in [-0.2, 0) is 14.3 Å². The van der Waals surface area contributed by atoms with Crippen molar-refractivity contribution in [2.75, 3.05) is 26.7 Å². The van der Waals surface area contributed by atoms with Gasteiger partial charge < -0.3 is 25.4 Å². The van der Waals surface area contributed by atoms with Gasteiger partial charge in [0.05, 0.1) is 6.42 Å². The molecule has 0 saturated heterocycles. The number of ether oxygens (including phenoxy) is 1. The predicted molar refractivity (Wildman–Crippen MR) is 132 cm³/mol. The van der Waals surface area contributed by atoms with Crippen molar-refractivity contribution >= 4 is 18.0 Å². The first-order valence-corrected chi connectivity index (χ1v) is 12.2. The minimum Gasteiger partial charge on any atom is -0.481 e. The third-order valence-electron chi connectivity index (χ3n) is 7.04. The van der Waals surface area contributed by atoms with E-state index in [1.807, 2.05) is 55.6 Å². The summed E-state index contributed by atoms with van der Waals surface area (Å²) in [7, 11) is 2.03. The van der Waals surface area contributed by atoms with E-state index >= 15 is 0 Å². The Bertz CT molecular complexity index is 1020. The molecule has 1 saturated carbocycles. The van der Waals surface area contributed by atoms with Gasteiger partial charge in [-0.3, -0.25) is 9.59 Å². The number of aliphatic carboxylic acids is 1. The Morgan fingerprint density at radius 2 is 1.63 bits per heavy atom. The Labute approximate surface area is 205 Å². The number of nitrogens with zero attached hydrogens (tertiary/aromatic N) is 1. The second-order valence-corrected chi connectivity index (χ2v) is 9.33. The van der Waals surface area contributed by atoms with Crippen LogP contribution in [0.2, 0.25) is 0 Å². The molecule has 8 heteroatoms. The van der Waals surface area contributed by atoms with Crippen LogP contribution in [0, 0.1) is 0 Å². The number of alkyl carbamates (subject to hydrolysis) is 1. The molecule has 186 valence electrons. The van der Waals surface area contributed by atoms with Gasteiger partial charge in [0, 0.05) is 25.0 Å². The van der Waals surface area contributed by atoms with Crippen molar-refractivity contribution in [1.82, 2.24) is 15.5 Å². The van der Waals surface area contributed by atoms with E-state index in [9.17, 15) is 19.5 Å². The molecule has 8 nitrogen and oxygen atoms in total. The first-order valence-electron chi connectivity index (χ1n) is 12.2. The van der Waals surface area contributed by atoms with Gasteiger partial charge in [0.15, 0.2) is 0 Å². The number of hydrogen-bond donors (Lipinski definition) is 3. The van der Waals surface area contributed by atoms with Crippen LogP contribution in [0.1, 0.15) is 49.1 Å². The summed E-state index contributed by atoms with van der Waals surface area (Å²) in [6, 6.07) is 15.3. The number of nitrogens with one attached hydrogen (secondary N) is 2. The molecule has 0 heterocycles. The molecule has 2 aliphatic rings. The minimum absolute atomic E-state index is 0.0907. The van der Waals surface area contributed by atoms with Crippen molar-refractivity contribution in [2.24, 2.45) is 0 Å². The van der Waals surface area contributed by atoms with Crippen molar-refractivity contribution in [3.05, 3.63) is 59.7 Å². The summed E-state index contributed by atoms with van der Waals surface area (Å²) in [5, 5.41) is 14.4. The predicted octanol–water partition coefficient (Wildman–Crippen LogP) is 3.36. The van der Waals surface area contributed by atoms with Crippen LogP contribution < -0.4 is 10.6 Å². The largest absolute Gasteiger partial charge is 0.481 e. The monoisotopic (exact) mass is 479 g/mol. The SMILES string of the molecule is CN(CCNC(=O)C(CC(=O)O)NC(=O)OCC1c2ccccc2-c2ccccc21)C1CCCC1. The normalized spacial score (nSPS) is 15.9. The molecule has 2 aliphatic carbocycles. The maximum atomic E-state index is 12.6. The number of amides is 2. The fourth-order valence-electron chi connectivity index (χ4n) is 5.17. The molecule has 0 aromatic heterocycles. The number of likely N-dealkylation sites (N-methyl/N-ethyl adjacent to an activating group) is 1. The molecule has 1 unspecified atom stereocenters. The summed E-state index contributed by atoms with van der Waals surface area (Å²) in [5.74, 6) is -1.82. The van der Waals surface area contributed by atoms with Gasteiger partial charge in [-0.25, -0.2) is 4.79 Å². The summed E-state index contributed by atoms with van der Waals surface area (Å²) in [5.41, 5.74) is 4.38. The molecule has 1 atom stereocenters. The zero-order valence-electron chi connectivity index (χ0n) is 20.0. The van der Waals surface area contributed by atoms with Crippen molar-refractivity contribution in [2.45, 2.75) is 50.1 Å². The number of carboxylic acid groups (broad SMARTS) is 1. The summed E-state index contributed by atoms with van der Waals surface area (Å²) in [6.07, 6.45) is 3.45. The van der Waals surface area contributed by atoms with Crippen molar-refractivity contribution in [3.8, 4) is 11.1 Å². The maximum Gasteiger partial charge on any atom is 0.407 e. The Morgan fingerprint density at radius 3 is 2.23 bits per heavy atom. The van der Waals surface area contributed by atoms with Crippen LogP contribution in [-0.4, -0.2) is 66.8 Å². The number of carbonyl (C=O) groups is 3. The summed E-state index contributed by atoms with van der Waals surface area (Å²) in [4.78, 5) is 38.7. The van der Waals surface area contributed by atoms with E-state index in [1.54, 1.807) is 0 Å². The van der Waals surface area contributed by atoms with Crippen LogP contribution in [0.4, 0.5) is 4.79 Å². The highest BCUT2D eigenvalue weighted by atomic mass is 16.5. The molecule has 2 aromatic carbocycles. The highest BCUT2D eigenvalue weighted by molar-refractivity contribution is 5.89. The van der Waals surface area contributed by atoms with Gasteiger partial charge >= 0.3 is 12.1 Å². The Hall–Kier alpha value is -3.39. The van der Waals surface area contributed by atoms with E-state index in [-0.39, 0.29) is 12.5 Å². The number of carboxylic acids is 1. The van der Waals surface area contributed by atoms with E-state index < -0.39 is 30.4 Å². The highest BCUT2D eigenvalue weighted by Crippen LogP contribution is 2.44. The van der Waals surface area contributed by atoms with Gasteiger partial charge in [0.1, 0.15) is 12.6 Å². The standard InChI is InChI=1S/C27H33N3O5/c1-30(18-8-2-3-9-18)15-14-28-26(33)24(16-25(31)32)29-27(34)35-17-23-21-12-6-4-10-19(21)20-11-5-7-13-22(20)23/h4-7,10-13,18,23-24H,2-3,8-9,14-17H2,1H3,(H,28,33)(H,29,34)(H,31,32). The van der Waals surface area contributed by atoms with Gasteiger partial charge in [-0.2, -0.15) is 0 Å². The fraction of sp³-hybridized carbons (Fsp3) is 0.444. The van der Waals surface area contributed by atoms with E-state index in [1.165, 1.54) is 12.8 Å². The number of rotatable bonds is 10. The first kappa shape index (κ1) is 24.7. The molecule has 2 aromatic rings. The van der Waals surface area contributed by atoms with Gasteiger partial charge in [-0.1, -0.05) is 61.4 Å². The van der Waals surface area contributed by atoms with Gasteiger partial charge in [0.25, 0.3) is 0 Å². The summed E-state index contributed by atoms with van der Waals surface area (Å²) >= 11 is 0. The van der Waals surface area contributed by atoms with E-state index in [4.69, 9.17) is 4.74 Å². The lowest BCUT2D eigenvalue weighted by Crippen LogP contribution is -2.49. The number of fused-ring (bicyclic) bond motifs is 3. The zero-order chi connectivity index (χ0) is 24.8. The van der Waals surface area contributed by atoms with Crippen LogP contribution in [0.3, 0.4) is 0 Å². The molecule has 0 bridgehead atoms. The maximum absolute atomic E-state index is 12.6. The lowest BCUT2D eigenvalue weighted by molar-refractivity contribution is -0.139. The molecule has 2 amide bonds. The lowest BCUT2D eigenvalue weighted by atomic mass is 9.98. The Morgan fingerprint density at radius 1 is 1.03 bits per heavy atom. The molecular weight excluding hydrogens is 446 g/mol. The quantitative estimate of drug-likeness (QED) is 0.482. The molecule has 4 rings (SSSR count). The Kier molecular flexibility index (Phi) is 8.02. The van der Waals surface area contributed by atoms with Crippen LogP contribution in [0.25, 0.3) is 11.1 Å². The van der Waals surface area contributed by atoms with Gasteiger partial charge in [0.2, 0.25) is 5.91 Å². The van der Waals surface area contributed by atoms with Gasteiger partial charge in [-0.15, -0.1) is 0 Å². The third kappa shape index (κ3) is 6.00. The van der Waals surface area contributed by atoms with Crippen molar-refractivity contribution in [3.63, 3.8) is 0 Å². The molecule has 35 heavy (non-hydrogen) atoms. The smallest absolute Gasteiger partial charge is 0.407 e. The molecule has 0 radical (unpaired) electrons. The molecule has 1 fully saturated rings. The Balaban J connectivity index is 1.31. The minimum atomic E-state index is -1.21. The lowest BCUT2D eigenvalue weighted by Gasteiger charge is -2.24. The molecule has 3 N–H and O–H groups in total. The van der Waals surface area contributed by atoms with Crippen LogP contribution >= 0.6 is 0 Å². The first-order chi connectivity index (χ1) is 16.9. The third-order valence-corrected chi connectivity index (χ3v) is 7.04.